The van der Waals surface area contributed by atoms with E-state index >= 15 is 0 Å². The van der Waals surface area contributed by atoms with Crippen LogP contribution in [0.25, 0.3) is 0 Å². The Morgan fingerprint density at radius 1 is 1.00 bits per heavy atom. The first-order valence-electron chi connectivity index (χ1n) is 16.1. The number of aryl methyl sites for hydroxylation is 1. The average molecular weight is 638 g/mol. The molecule has 2 N–H and O–H groups in total. The van der Waals surface area contributed by atoms with Crippen LogP contribution in [-0.4, -0.2) is 61.9 Å². The van der Waals surface area contributed by atoms with Gasteiger partial charge < -0.3 is 24.6 Å². The van der Waals surface area contributed by atoms with Gasteiger partial charge in [-0.3, -0.25) is 19.2 Å². The predicted molar refractivity (Wildman–Crippen MR) is 174 cm³/mol. The van der Waals surface area contributed by atoms with Crippen LogP contribution in [-0.2, 0) is 39.4 Å². The number of amides is 2. The smallest absolute Gasteiger partial charge is 0.269 e. The lowest BCUT2D eigenvalue weighted by atomic mass is 9.71. The van der Waals surface area contributed by atoms with Crippen molar-refractivity contribution in [1.82, 2.24) is 15.0 Å². The van der Waals surface area contributed by atoms with E-state index in [2.05, 4.69) is 10.3 Å². The number of hydrogen-bond acceptors (Lipinski definition) is 8. The molecule has 3 aliphatic heterocycles. The number of carbonyl (C=O) groups excluding carboxylic acids is 2. The number of anilines is 3. The number of ether oxygens (including phenoxy) is 2. The first-order valence-corrected chi connectivity index (χ1v) is 16.1. The fraction of sp³-hybridized carbons (Fsp3) is 0.389. The van der Waals surface area contributed by atoms with Gasteiger partial charge in [-0.15, -0.1) is 5.10 Å². The molecule has 1 fully saturated rings. The summed E-state index contributed by atoms with van der Waals surface area (Å²) >= 11 is 0. The number of fused-ring (bicyclic) bond motifs is 3. The van der Waals surface area contributed by atoms with E-state index in [1.807, 2.05) is 79.7 Å². The standard InChI is InChI=1S/C36H39N5O6/c1-23-33(35(2,3)45)31(16-18-39-21-25(17-19-42)37-38-39)47-36(23)27-8-4-5-9-28(27)40(34(36)44)20-24-12-14-26(15-13-24)41-29-10-6-7-11-30(29)46-22-32(41)43/h4-15,21,23,31,33,42,45H,16-20,22H2,1-3H3/t23-,31+,33-,36+/m0/s1. The second kappa shape index (κ2) is 11.9. The molecule has 4 heterocycles. The fourth-order valence-corrected chi connectivity index (χ4v) is 7.71. The number of hydrogen-bond donors (Lipinski definition) is 2. The van der Waals surface area contributed by atoms with Crippen molar-refractivity contribution in [1.29, 1.82) is 0 Å². The van der Waals surface area contributed by atoms with Crippen LogP contribution in [0.1, 0.15) is 44.0 Å². The number of carbonyl (C=O) groups is 2. The zero-order valence-corrected chi connectivity index (χ0v) is 26.7. The maximum atomic E-state index is 14.7. The van der Waals surface area contributed by atoms with E-state index in [0.717, 1.165) is 22.5 Å². The lowest BCUT2D eigenvalue weighted by Crippen LogP contribution is -2.46. The van der Waals surface area contributed by atoms with Gasteiger partial charge >= 0.3 is 0 Å². The molecule has 0 bridgehead atoms. The molecule has 0 saturated carbocycles. The molecule has 0 radical (unpaired) electrons. The molecule has 4 atom stereocenters. The molecule has 11 nitrogen and oxygen atoms in total. The van der Waals surface area contributed by atoms with Gasteiger partial charge in [0.25, 0.3) is 11.8 Å². The van der Waals surface area contributed by atoms with E-state index in [4.69, 9.17) is 9.47 Å². The zero-order chi connectivity index (χ0) is 32.9. The molecule has 11 heteroatoms. The number of aliphatic hydroxyl groups excluding tert-OH is 1. The molecule has 2 amide bonds. The Morgan fingerprint density at radius 3 is 2.47 bits per heavy atom. The van der Waals surface area contributed by atoms with Crippen LogP contribution in [0.4, 0.5) is 17.1 Å². The summed E-state index contributed by atoms with van der Waals surface area (Å²) in [6, 6.07) is 22.8. The molecule has 1 saturated heterocycles. The fourth-order valence-electron chi connectivity index (χ4n) is 7.71. The Kier molecular flexibility index (Phi) is 7.86. The van der Waals surface area contributed by atoms with E-state index < -0.39 is 17.3 Å². The van der Waals surface area contributed by atoms with Gasteiger partial charge in [0.1, 0.15) is 5.75 Å². The summed E-state index contributed by atoms with van der Waals surface area (Å²) in [7, 11) is 0. The van der Waals surface area contributed by atoms with Crippen molar-refractivity contribution < 1.29 is 29.3 Å². The quantitative estimate of drug-likeness (QED) is 0.280. The van der Waals surface area contributed by atoms with Gasteiger partial charge in [0.2, 0.25) is 0 Å². The molecule has 244 valence electrons. The summed E-state index contributed by atoms with van der Waals surface area (Å²) in [5, 5.41) is 29.0. The molecule has 0 aliphatic carbocycles. The number of nitrogens with zero attached hydrogens (tertiary/aromatic N) is 5. The Morgan fingerprint density at radius 2 is 1.72 bits per heavy atom. The maximum Gasteiger partial charge on any atom is 0.269 e. The van der Waals surface area contributed by atoms with Gasteiger partial charge in [-0.25, -0.2) is 0 Å². The Bertz CT molecular complexity index is 1800. The second-order valence-electron chi connectivity index (χ2n) is 13.2. The van der Waals surface area contributed by atoms with Crippen molar-refractivity contribution in [3.05, 3.63) is 95.8 Å². The van der Waals surface area contributed by atoms with Gasteiger partial charge in [0, 0.05) is 48.9 Å². The van der Waals surface area contributed by atoms with Crippen LogP contribution >= 0.6 is 0 Å². The maximum absolute atomic E-state index is 14.7. The van der Waals surface area contributed by atoms with Crippen LogP contribution < -0.4 is 14.5 Å². The summed E-state index contributed by atoms with van der Waals surface area (Å²) in [5.74, 6) is -0.327. The summed E-state index contributed by atoms with van der Waals surface area (Å²) in [5.41, 5.74) is 2.21. The van der Waals surface area contributed by atoms with Gasteiger partial charge in [-0.1, -0.05) is 54.6 Å². The molecule has 1 spiro atoms. The second-order valence-corrected chi connectivity index (χ2v) is 13.2. The molecule has 3 aliphatic rings. The number of aliphatic hydroxyl groups is 2. The van der Waals surface area contributed by atoms with Gasteiger partial charge in [-0.05, 0) is 56.2 Å². The minimum Gasteiger partial charge on any atom is -0.482 e. The Balaban J connectivity index is 1.16. The lowest BCUT2D eigenvalue weighted by molar-refractivity contribution is -0.146. The van der Waals surface area contributed by atoms with E-state index in [0.29, 0.717) is 43.1 Å². The highest BCUT2D eigenvalue weighted by atomic mass is 16.5. The third kappa shape index (κ3) is 5.28. The third-order valence-corrected chi connectivity index (χ3v) is 9.73. The van der Waals surface area contributed by atoms with Crippen molar-refractivity contribution in [3.8, 4) is 5.75 Å². The Labute approximate surface area is 273 Å². The molecule has 47 heavy (non-hydrogen) atoms. The minimum atomic E-state index is -1.26. The predicted octanol–water partition coefficient (Wildman–Crippen LogP) is 4.12. The molecular formula is C36H39N5O6. The lowest BCUT2D eigenvalue weighted by Gasteiger charge is -2.34. The normalized spacial score (nSPS) is 23.7. The molecule has 1 aromatic heterocycles. The first kappa shape index (κ1) is 31.0. The summed E-state index contributed by atoms with van der Waals surface area (Å²) < 4.78 is 14.2. The summed E-state index contributed by atoms with van der Waals surface area (Å²) in [4.78, 5) is 31.0. The van der Waals surface area contributed by atoms with Crippen LogP contribution in [0.3, 0.4) is 0 Å². The number of aromatic nitrogens is 3. The van der Waals surface area contributed by atoms with E-state index in [-0.39, 0.29) is 36.9 Å². The van der Waals surface area contributed by atoms with Crippen molar-refractivity contribution in [2.24, 2.45) is 11.8 Å². The van der Waals surface area contributed by atoms with Crippen molar-refractivity contribution in [2.75, 3.05) is 23.0 Å². The van der Waals surface area contributed by atoms with Gasteiger partial charge in [-0.2, -0.15) is 0 Å². The van der Waals surface area contributed by atoms with Crippen molar-refractivity contribution in [2.45, 2.75) is 64.0 Å². The minimum absolute atomic E-state index is 0.00448. The zero-order valence-electron chi connectivity index (χ0n) is 26.7. The van der Waals surface area contributed by atoms with Crippen LogP contribution in [0.5, 0.6) is 5.75 Å². The highest BCUT2D eigenvalue weighted by Gasteiger charge is 2.65. The highest BCUT2D eigenvalue weighted by Crippen LogP contribution is 2.58. The molecule has 0 unspecified atom stereocenters. The van der Waals surface area contributed by atoms with E-state index in [1.165, 1.54) is 0 Å². The number of benzene rings is 3. The highest BCUT2D eigenvalue weighted by molar-refractivity contribution is 6.07. The topological polar surface area (TPSA) is 130 Å². The SMILES string of the molecule is C[C@H]1[C@H](C(C)(C)O)[C@@H](CCn2cc(CCO)nn2)O[C@]12C(=O)N(Cc1ccc(N3C(=O)COc4ccccc43)cc1)c1ccccc12. The van der Waals surface area contributed by atoms with Crippen molar-refractivity contribution >= 4 is 28.9 Å². The molecule has 7 rings (SSSR count). The van der Waals surface area contributed by atoms with Crippen LogP contribution in [0.2, 0.25) is 0 Å². The first-order chi connectivity index (χ1) is 22.6. The number of para-hydroxylation sites is 3. The summed E-state index contributed by atoms with van der Waals surface area (Å²) in [6.07, 6.45) is 2.32. The van der Waals surface area contributed by atoms with Crippen LogP contribution in [0, 0.1) is 11.8 Å². The summed E-state index contributed by atoms with van der Waals surface area (Å²) in [6.45, 7) is 6.32. The molecule has 3 aromatic carbocycles. The van der Waals surface area contributed by atoms with Crippen LogP contribution in [0.15, 0.2) is 79.0 Å². The monoisotopic (exact) mass is 637 g/mol. The van der Waals surface area contributed by atoms with Gasteiger partial charge in [0.15, 0.2) is 12.2 Å². The van der Waals surface area contributed by atoms with E-state index in [9.17, 15) is 19.8 Å². The van der Waals surface area contributed by atoms with Crippen molar-refractivity contribution in [3.63, 3.8) is 0 Å². The Hall–Kier alpha value is -4.58. The largest absolute Gasteiger partial charge is 0.482 e. The molecular weight excluding hydrogens is 598 g/mol. The number of rotatable bonds is 9. The molecule has 4 aromatic rings. The average Bonchev–Trinajstić information content (AvgIpc) is 3.70. The van der Waals surface area contributed by atoms with Gasteiger partial charge in [0.05, 0.1) is 35.3 Å². The third-order valence-electron chi connectivity index (χ3n) is 9.73. The van der Waals surface area contributed by atoms with E-state index in [1.54, 1.807) is 34.5 Å².